The molecule has 1 atom stereocenters. The summed E-state index contributed by atoms with van der Waals surface area (Å²) in [7, 11) is 0. The maximum atomic E-state index is 10.3. The summed E-state index contributed by atoms with van der Waals surface area (Å²) in [5.74, 6) is 0. The Morgan fingerprint density at radius 1 is 1.09 bits per heavy atom. The van der Waals surface area contributed by atoms with Crippen molar-refractivity contribution in [2.24, 2.45) is 0 Å². The zero-order valence-electron chi connectivity index (χ0n) is 17.8. The van der Waals surface area contributed by atoms with Gasteiger partial charge in [0, 0.05) is 27.9 Å². The fourth-order valence-corrected chi connectivity index (χ4v) is 4.57. The Labute approximate surface area is 202 Å². The van der Waals surface area contributed by atoms with Crippen molar-refractivity contribution in [3.8, 4) is 16.9 Å². The molecule has 0 amide bonds. The van der Waals surface area contributed by atoms with Crippen LogP contribution in [-0.4, -0.2) is 40.2 Å². The van der Waals surface area contributed by atoms with Crippen LogP contribution in [0.25, 0.3) is 38.9 Å². The molecule has 0 fully saturated rings. The number of rotatable bonds is 4. The van der Waals surface area contributed by atoms with Crippen molar-refractivity contribution in [2.75, 3.05) is 0 Å². The van der Waals surface area contributed by atoms with Gasteiger partial charge in [0.25, 0.3) is 5.69 Å². The number of hydrogen-bond acceptors (Lipinski definition) is 5. The lowest BCUT2D eigenvalue weighted by Crippen LogP contribution is -2.37. The predicted molar refractivity (Wildman–Crippen MR) is 127 cm³/mol. The number of fused-ring (bicyclic) bond motifs is 2. The minimum atomic E-state index is -0.285. The van der Waals surface area contributed by atoms with Crippen LogP contribution in [0, 0.1) is 0 Å². The quantitative estimate of drug-likeness (QED) is 0.277. The molecule has 34 heavy (non-hydrogen) atoms. The summed E-state index contributed by atoms with van der Waals surface area (Å²) in [6.07, 6.45) is 4.93. The first-order valence-corrected chi connectivity index (χ1v) is 11.2. The summed E-state index contributed by atoms with van der Waals surface area (Å²) in [5.41, 5.74) is 5.37. The largest absolute Gasteiger partial charge is 0.285 e. The lowest BCUT2D eigenvalue weighted by atomic mass is 10.1. The van der Waals surface area contributed by atoms with Crippen molar-refractivity contribution in [1.29, 1.82) is 0 Å². The zero-order valence-corrected chi connectivity index (χ0v) is 19.3. The lowest BCUT2D eigenvalue weighted by Gasteiger charge is -2.13. The minimum absolute atomic E-state index is 0.285. The fourth-order valence-electron chi connectivity index (χ4n) is 4.16. The Kier molecular flexibility index (Phi) is 4.75. The van der Waals surface area contributed by atoms with E-state index in [0.29, 0.717) is 21.3 Å². The number of aromatic nitrogens is 8. The number of nitrogens with one attached hydrogen (secondary N) is 1. The van der Waals surface area contributed by atoms with Crippen LogP contribution >= 0.6 is 23.2 Å². The molecule has 0 aliphatic heterocycles. The number of aromatic amines is 1. The van der Waals surface area contributed by atoms with Gasteiger partial charge >= 0.3 is 0 Å². The Morgan fingerprint density at radius 3 is 2.82 bits per heavy atom. The van der Waals surface area contributed by atoms with Gasteiger partial charge in [-0.05, 0) is 49.4 Å². The zero-order chi connectivity index (χ0) is 23.4. The van der Waals surface area contributed by atoms with E-state index in [1.807, 2.05) is 48.0 Å². The molecule has 0 aliphatic rings. The maximum Gasteiger partial charge on any atom is 0.258 e. The van der Waals surface area contributed by atoms with Crippen LogP contribution in [0.15, 0.2) is 67.1 Å². The molecule has 11 heteroatoms. The standard InChI is InChI=1S/C23H17Cl2N8O/c1-13(20-5-3-16(24)12-31(20)34)32-21(6-7-27-32)15-8-18(25)23-22(9-15)33(30-29-23)17-4-2-14-11-26-28-19(14)10-17/h2-13,34H,1H3,(H,26,28)/q+1. The van der Waals surface area contributed by atoms with E-state index in [9.17, 15) is 5.21 Å². The van der Waals surface area contributed by atoms with Gasteiger partial charge in [-0.1, -0.05) is 28.4 Å². The minimum Gasteiger partial charge on any atom is -0.285 e. The van der Waals surface area contributed by atoms with Crippen molar-refractivity contribution in [3.63, 3.8) is 0 Å². The topological polar surface area (TPSA) is 101 Å². The summed E-state index contributed by atoms with van der Waals surface area (Å²) in [6, 6.07) is 14.8. The molecular formula is C23H17Cl2N8O+. The van der Waals surface area contributed by atoms with Crippen molar-refractivity contribution >= 4 is 45.1 Å². The van der Waals surface area contributed by atoms with Crippen molar-refractivity contribution in [2.45, 2.75) is 13.0 Å². The lowest BCUT2D eigenvalue weighted by molar-refractivity contribution is -0.910. The second-order valence-electron chi connectivity index (χ2n) is 7.92. The van der Waals surface area contributed by atoms with Crippen LogP contribution in [0.3, 0.4) is 0 Å². The van der Waals surface area contributed by atoms with Crippen molar-refractivity contribution in [1.82, 2.24) is 35.0 Å². The number of hydrogen-bond donors (Lipinski definition) is 2. The highest BCUT2D eigenvalue weighted by Gasteiger charge is 2.24. The van der Waals surface area contributed by atoms with Gasteiger partial charge in [0.1, 0.15) is 16.6 Å². The summed E-state index contributed by atoms with van der Waals surface area (Å²) in [5, 5.41) is 32.5. The van der Waals surface area contributed by atoms with E-state index in [0.717, 1.165) is 38.1 Å². The van der Waals surface area contributed by atoms with Crippen LogP contribution < -0.4 is 4.73 Å². The van der Waals surface area contributed by atoms with Gasteiger partial charge in [0.15, 0.2) is 0 Å². The van der Waals surface area contributed by atoms with Gasteiger partial charge in [-0.3, -0.25) is 15.0 Å². The average molecular weight is 492 g/mol. The van der Waals surface area contributed by atoms with Crippen LogP contribution in [0.4, 0.5) is 0 Å². The second kappa shape index (κ2) is 7.82. The van der Waals surface area contributed by atoms with E-state index in [2.05, 4.69) is 25.6 Å². The second-order valence-corrected chi connectivity index (χ2v) is 8.77. The number of nitrogens with zero attached hydrogens (tertiary/aromatic N) is 7. The molecule has 2 N–H and O–H groups in total. The molecule has 0 aliphatic carbocycles. The summed E-state index contributed by atoms with van der Waals surface area (Å²) in [6.45, 7) is 1.94. The molecule has 2 aromatic carbocycles. The third-order valence-electron chi connectivity index (χ3n) is 5.86. The van der Waals surface area contributed by atoms with E-state index < -0.39 is 0 Å². The predicted octanol–water partition coefficient (Wildman–Crippen LogP) is 4.60. The summed E-state index contributed by atoms with van der Waals surface area (Å²) in [4.78, 5) is 0. The number of pyridine rings is 1. The van der Waals surface area contributed by atoms with E-state index in [-0.39, 0.29) is 6.04 Å². The SMILES string of the molecule is CC(c1ccc(Cl)c[n+]1O)n1nccc1-c1cc(Cl)c2nnn(-c3ccc4cn[nH]c4c3)c2c1. The van der Waals surface area contributed by atoms with Gasteiger partial charge in [0.05, 0.1) is 33.6 Å². The first-order valence-electron chi connectivity index (χ1n) is 10.4. The van der Waals surface area contributed by atoms with Crippen molar-refractivity contribution < 1.29 is 9.94 Å². The Morgan fingerprint density at radius 2 is 1.97 bits per heavy atom. The molecule has 1 unspecified atom stereocenters. The average Bonchev–Trinajstić information content (AvgIpc) is 3.57. The van der Waals surface area contributed by atoms with Crippen LogP contribution in [0.2, 0.25) is 10.0 Å². The molecule has 9 nitrogen and oxygen atoms in total. The van der Waals surface area contributed by atoms with Gasteiger partial charge in [-0.2, -0.15) is 10.2 Å². The normalized spacial score (nSPS) is 12.6. The fraction of sp³-hybridized carbons (Fsp3) is 0.0870. The highest BCUT2D eigenvalue weighted by Crippen LogP contribution is 2.32. The molecule has 0 saturated heterocycles. The van der Waals surface area contributed by atoms with Crippen LogP contribution in [0.1, 0.15) is 18.7 Å². The Balaban J connectivity index is 1.48. The van der Waals surface area contributed by atoms with Gasteiger partial charge in [0.2, 0.25) is 6.20 Å². The highest BCUT2D eigenvalue weighted by atomic mass is 35.5. The smallest absolute Gasteiger partial charge is 0.258 e. The molecule has 0 bridgehead atoms. The molecule has 0 saturated carbocycles. The first kappa shape index (κ1) is 20.6. The third kappa shape index (κ3) is 3.28. The van der Waals surface area contributed by atoms with Gasteiger partial charge in [-0.25, -0.2) is 4.68 Å². The number of halogens is 2. The van der Waals surface area contributed by atoms with E-state index in [1.54, 1.807) is 29.2 Å². The van der Waals surface area contributed by atoms with Gasteiger partial charge < -0.3 is 0 Å². The molecular weight excluding hydrogens is 475 g/mol. The monoisotopic (exact) mass is 491 g/mol. The molecule has 0 spiro atoms. The maximum absolute atomic E-state index is 10.3. The third-order valence-corrected chi connectivity index (χ3v) is 6.37. The molecule has 6 aromatic rings. The molecule has 0 radical (unpaired) electrons. The molecule has 6 rings (SSSR count). The first-order chi connectivity index (χ1) is 16.5. The Bertz CT molecular complexity index is 1690. The van der Waals surface area contributed by atoms with E-state index in [4.69, 9.17) is 23.2 Å². The number of benzene rings is 2. The molecule has 4 aromatic heterocycles. The van der Waals surface area contributed by atoms with Gasteiger partial charge in [-0.15, -0.1) is 5.10 Å². The Hall–Kier alpha value is -3.95. The van der Waals surface area contributed by atoms with Crippen LogP contribution in [0.5, 0.6) is 0 Å². The van der Waals surface area contributed by atoms with E-state index >= 15 is 0 Å². The van der Waals surface area contributed by atoms with Crippen molar-refractivity contribution in [3.05, 3.63) is 82.9 Å². The van der Waals surface area contributed by atoms with E-state index in [1.165, 1.54) is 6.20 Å². The summed E-state index contributed by atoms with van der Waals surface area (Å²) < 4.78 is 4.58. The van der Waals surface area contributed by atoms with Crippen LogP contribution in [-0.2, 0) is 0 Å². The summed E-state index contributed by atoms with van der Waals surface area (Å²) >= 11 is 12.6. The highest BCUT2D eigenvalue weighted by molar-refractivity contribution is 6.35. The molecule has 4 heterocycles. The molecule has 168 valence electrons. The number of H-pyrrole nitrogens is 1.